The molecule has 0 aromatic heterocycles. The van der Waals surface area contributed by atoms with Crippen molar-refractivity contribution in [2.45, 2.75) is 32.7 Å². The summed E-state index contributed by atoms with van der Waals surface area (Å²) in [5.41, 5.74) is 0.857. The van der Waals surface area contributed by atoms with Crippen molar-refractivity contribution in [2.24, 2.45) is 0 Å². The van der Waals surface area contributed by atoms with Gasteiger partial charge in [-0.2, -0.15) is 0 Å². The number of rotatable bonds is 9. The van der Waals surface area contributed by atoms with Gasteiger partial charge in [-0.3, -0.25) is 0 Å². The summed E-state index contributed by atoms with van der Waals surface area (Å²) in [6, 6.07) is 7.07. The standard InChI is InChI=1S/C16H26N2O4/c1-3-4-13(2)17-16(21)22-15-7-5-14(6-8-15)18(9-11-19)10-12-20/h5-8,13,19-20H,3-4,9-12H2,1-2H3,(H,17,21). The van der Waals surface area contributed by atoms with Crippen LogP contribution in [0.25, 0.3) is 0 Å². The maximum absolute atomic E-state index is 11.7. The van der Waals surface area contributed by atoms with Gasteiger partial charge in [-0.1, -0.05) is 13.3 Å². The minimum atomic E-state index is -0.462. The maximum Gasteiger partial charge on any atom is 0.412 e. The molecule has 0 heterocycles. The van der Waals surface area contributed by atoms with Gasteiger partial charge in [-0.05, 0) is 37.6 Å². The molecule has 3 N–H and O–H groups in total. The molecule has 1 rings (SSSR count). The average Bonchev–Trinajstić information content (AvgIpc) is 2.48. The normalized spacial score (nSPS) is 11.8. The number of nitrogens with zero attached hydrogens (tertiary/aromatic N) is 1. The zero-order chi connectivity index (χ0) is 16.4. The smallest absolute Gasteiger partial charge is 0.410 e. The average molecular weight is 310 g/mol. The summed E-state index contributed by atoms with van der Waals surface area (Å²) >= 11 is 0. The number of benzene rings is 1. The van der Waals surface area contributed by atoms with Crippen LogP contribution in [-0.4, -0.2) is 48.7 Å². The lowest BCUT2D eigenvalue weighted by Gasteiger charge is -2.23. The Balaban J connectivity index is 2.58. The van der Waals surface area contributed by atoms with E-state index in [1.165, 1.54) is 0 Å². The molecular weight excluding hydrogens is 284 g/mol. The first-order valence-corrected chi connectivity index (χ1v) is 7.65. The Morgan fingerprint density at radius 1 is 1.23 bits per heavy atom. The first kappa shape index (κ1) is 18.3. The van der Waals surface area contributed by atoms with E-state index in [9.17, 15) is 4.79 Å². The molecule has 124 valence electrons. The van der Waals surface area contributed by atoms with Crippen molar-refractivity contribution in [3.05, 3.63) is 24.3 Å². The number of amides is 1. The second-order valence-corrected chi connectivity index (χ2v) is 5.15. The largest absolute Gasteiger partial charge is 0.412 e. The van der Waals surface area contributed by atoms with E-state index in [0.29, 0.717) is 18.8 Å². The predicted octanol–water partition coefficient (Wildman–Crippen LogP) is 1.75. The van der Waals surface area contributed by atoms with Crippen molar-refractivity contribution in [1.82, 2.24) is 5.32 Å². The Bertz CT molecular complexity index is 430. The molecule has 1 aromatic rings. The number of carbonyl (C=O) groups is 1. The van der Waals surface area contributed by atoms with Crippen LogP contribution in [0.2, 0.25) is 0 Å². The molecule has 6 heteroatoms. The summed E-state index contributed by atoms with van der Waals surface area (Å²) in [7, 11) is 0. The molecule has 0 saturated heterocycles. The molecule has 0 aliphatic rings. The van der Waals surface area contributed by atoms with Crippen LogP contribution in [-0.2, 0) is 0 Å². The second-order valence-electron chi connectivity index (χ2n) is 5.15. The van der Waals surface area contributed by atoms with Gasteiger partial charge in [0, 0.05) is 24.8 Å². The van der Waals surface area contributed by atoms with Gasteiger partial charge in [0.2, 0.25) is 0 Å². The molecule has 0 radical (unpaired) electrons. The van der Waals surface area contributed by atoms with Gasteiger partial charge in [0.1, 0.15) is 5.75 Å². The van der Waals surface area contributed by atoms with Crippen LogP contribution >= 0.6 is 0 Å². The zero-order valence-electron chi connectivity index (χ0n) is 13.3. The highest BCUT2D eigenvalue weighted by Crippen LogP contribution is 2.19. The number of nitrogens with one attached hydrogen (secondary N) is 1. The van der Waals surface area contributed by atoms with Gasteiger partial charge in [0.05, 0.1) is 13.2 Å². The van der Waals surface area contributed by atoms with Crippen LogP contribution in [0.4, 0.5) is 10.5 Å². The van der Waals surface area contributed by atoms with Gasteiger partial charge >= 0.3 is 6.09 Å². The van der Waals surface area contributed by atoms with Crippen molar-refractivity contribution < 1.29 is 19.7 Å². The van der Waals surface area contributed by atoms with Crippen LogP contribution in [0.1, 0.15) is 26.7 Å². The summed E-state index contributed by atoms with van der Waals surface area (Å²) < 4.78 is 5.22. The third-order valence-corrected chi connectivity index (χ3v) is 3.24. The van der Waals surface area contributed by atoms with E-state index in [-0.39, 0.29) is 19.3 Å². The van der Waals surface area contributed by atoms with E-state index in [4.69, 9.17) is 14.9 Å². The molecule has 0 fully saturated rings. The first-order chi connectivity index (χ1) is 10.6. The minimum absolute atomic E-state index is 0.00990. The number of hydrogen-bond acceptors (Lipinski definition) is 5. The molecule has 0 spiro atoms. The number of carbonyl (C=O) groups excluding carboxylic acids is 1. The molecule has 0 saturated carbocycles. The molecule has 0 aliphatic carbocycles. The minimum Gasteiger partial charge on any atom is -0.410 e. The monoisotopic (exact) mass is 310 g/mol. The Morgan fingerprint density at radius 3 is 2.32 bits per heavy atom. The number of ether oxygens (including phenoxy) is 1. The van der Waals surface area contributed by atoms with Crippen LogP contribution in [0.15, 0.2) is 24.3 Å². The van der Waals surface area contributed by atoms with Crippen molar-refractivity contribution >= 4 is 11.8 Å². The topological polar surface area (TPSA) is 82.0 Å². The van der Waals surface area contributed by atoms with Crippen LogP contribution in [0.3, 0.4) is 0 Å². The highest BCUT2D eigenvalue weighted by Gasteiger charge is 2.10. The van der Waals surface area contributed by atoms with Crippen molar-refractivity contribution in [3.8, 4) is 5.75 Å². The molecule has 6 nitrogen and oxygen atoms in total. The maximum atomic E-state index is 11.7. The van der Waals surface area contributed by atoms with Crippen molar-refractivity contribution in [1.29, 1.82) is 0 Å². The Hall–Kier alpha value is -1.79. The summed E-state index contributed by atoms with van der Waals surface area (Å²) in [6.45, 7) is 4.90. The summed E-state index contributed by atoms with van der Waals surface area (Å²) in [5.74, 6) is 0.456. The van der Waals surface area contributed by atoms with Crippen LogP contribution < -0.4 is 15.0 Å². The lowest BCUT2D eigenvalue weighted by molar-refractivity contribution is 0.196. The summed E-state index contributed by atoms with van der Waals surface area (Å²) in [4.78, 5) is 13.6. The van der Waals surface area contributed by atoms with E-state index < -0.39 is 6.09 Å². The molecule has 22 heavy (non-hydrogen) atoms. The van der Waals surface area contributed by atoms with E-state index in [2.05, 4.69) is 12.2 Å². The zero-order valence-corrected chi connectivity index (χ0v) is 13.3. The third kappa shape index (κ3) is 6.32. The number of aliphatic hydroxyl groups excluding tert-OH is 2. The van der Waals surface area contributed by atoms with E-state index in [1.54, 1.807) is 24.3 Å². The molecule has 1 aromatic carbocycles. The van der Waals surface area contributed by atoms with Gasteiger partial charge in [-0.25, -0.2) is 4.79 Å². The Morgan fingerprint density at radius 2 is 1.82 bits per heavy atom. The van der Waals surface area contributed by atoms with Gasteiger partial charge < -0.3 is 25.2 Å². The number of aliphatic hydroxyl groups is 2. The fourth-order valence-electron chi connectivity index (χ4n) is 2.18. The number of anilines is 1. The Labute approximate surface area is 131 Å². The number of hydrogen-bond donors (Lipinski definition) is 3. The van der Waals surface area contributed by atoms with Crippen LogP contribution in [0.5, 0.6) is 5.75 Å². The fourth-order valence-corrected chi connectivity index (χ4v) is 2.18. The molecule has 1 atom stereocenters. The third-order valence-electron chi connectivity index (χ3n) is 3.24. The summed E-state index contributed by atoms with van der Waals surface area (Å²) in [6.07, 6.45) is 1.45. The van der Waals surface area contributed by atoms with Gasteiger partial charge in [0.25, 0.3) is 0 Å². The quantitative estimate of drug-likeness (QED) is 0.647. The highest BCUT2D eigenvalue weighted by atomic mass is 16.6. The SMILES string of the molecule is CCCC(C)NC(=O)Oc1ccc(N(CCO)CCO)cc1. The second kappa shape index (κ2) is 10.0. The molecular formula is C16H26N2O4. The highest BCUT2D eigenvalue weighted by molar-refractivity contribution is 5.70. The fraction of sp³-hybridized carbons (Fsp3) is 0.562. The predicted molar refractivity (Wildman–Crippen MR) is 86.4 cm³/mol. The molecule has 1 unspecified atom stereocenters. The lowest BCUT2D eigenvalue weighted by atomic mass is 10.2. The van der Waals surface area contributed by atoms with E-state index in [1.807, 2.05) is 11.8 Å². The van der Waals surface area contributed by atoms with Crippen molar-refractivity contribution in [2.75, 3.05) is 31.2 Å². The van der Waals surface area contributed by atoms with E-state index in [0.717, 1.165) is 18.5 Å². The van der Waals surface area contributed by atoms with Gasteiger partial charge in [0.15, 0.2) is 0 Å². The Kier molecular flexibility index (Phi) is 8.32. The molecule has 1 amide bonds. The molecule has 0 bridgehead atoms. The van der Waals surface area contributed by atoms with Crippen molar-refractivity contribution in [3.63, 3.8) is 0 Å². The molecule has 0 aliphatic heterocycles. The van der Waals surface area contributed by atoms with Gasteiger partial charge in [-0.15, -0.1) is 0 Å². The van der Waals surface area contributed by atoms with E-state index >= 15 is 0 Å². The summed E-state index contributed by atoms with van der Waals surface area (Å²) in [5, 5.41) is 20.8. The first-order valence-electron chi connectivity index (χ1n) is 7.65. The lowest BCUT2D eigenvalue weighted by Crippen LogP contribution is -2.34. The van der Waals surface area contributed by atoms with Crippen LogP contribution in [0, 0.1) is 0 Å².